The number of rotatable bonds is 7. The molecule has 1 atom stereocenters. The molecule has 118 valence electrons. The first-order valence-corrected chi connectivity index (χ1v) is 6.65. The van der Waals surface area contributed by atoms with Crippen LogP contribution in [-0.4, -0.2) is 25.2 Å². The van der Waals surface area contributed by atoms with Crippen LogP contribution in [0, 0.1) is 18.3 Å². The Balaban J connectivity index is 2.19. The molecule has 0 aliphatic heterocycles. The number of aryl methyl sites for hydroxylation is 1. The van der Waals surface area contributed by atoms with Crippen molar-refractivity contribution in [3.8, 4) is 0 Å². The molecule has 1 amide bonds. The Bertz CT molecular complexity index is 533. The van der Waals surface area contributed by atoms with E-state index in [9.17, 15) is 9.59 Å². The van der Waals surface area contributed by atoms with Gasteiger partial charge in [0.2, 0.25) is 0 Å². The second kappa shape index (κ2) is 8.13. The van der Waals surface area contributed by atoms with Gasteiger partial charge in [-0.3, -0.25) is 4.79 Å². The molecule has 0 saturated heterocycles. The zero-order valence-electron chi connectivity index (χ0n) is 12.4. The first-order valence-electron chi connectivity index (χ1n) is 6.65. The quantitative estimate of drug-likeness (QED) is 0.582. The van der Waals surface area contributed by atoms with Gasteiger partial charge in [-0.1, -0.05) is 13.8 Å². The SMILES string of the molecule is CCC(C)C(=O)OCCNC(=O)OCc1oc(=N)oc1C. The lowest BCUT2D eigenvalue weighted by molar-refractivity contribution is -0.147. The highest BCUT2D eigenvalue weighted by Gasteiger charge is 2.12. The van der Waals surface area contributed by atoms with Crippen molar-refractivity contribution in [3.63, 3.8) is 0 Å². The summed E-state index contributed by atoms with van der Waals surface area (Å²) in [5.41, 5.74) is 0. The molecule has 0 aromatic carbocycles. The number of ether oxygens (including phenoxy) is 2. The minimum atomic E-state index is -0.670. The van der Waals surface area contributed by atoms with Crippen molar-refractivity contribution in [1.29, 1.82) is 5.41 Å². The molecule has 0 aliphatic carbocycles. The third kappa shape index (κ3) is 5.72. The fourth-order valence-corrected chi connectivity index (χ4v) is 1.33. The molecule has 21 heavy (non-hydrogen) atoms. The zero-order valence-corrected chi connectivity index (χ0v) is 12.4. The molecule has 0 aliphatic rings. The summed E-state index contributed by atoms with van der Waals surface area (Å²) >= 11 is 0. The van der Waals surface area contributed by atoms with Crippen LogP contribution < -0.4 is 11.1 Å². The largest absolute Gasteiger partial charge is 0.464 e. The lowest BCUT2D eigenvalue weighted by Gasteiger charge is -2.09. The maximum Gasteiger partial charge on any atom is 0.407 e. The highest BCUT2D eigenvalue weighted by Crippen LogP contribution is 2.06. The molecule has 1 unspecified atom stereocenters. The van der Waals surface area contributed by atoms with Crippen LogP contribution in [0.2, 0.25) is 0 Å². The van der Waals surface area contributed by atoms with Crippen LogP contribution in [0.4, 0.5) is 4.79 Å². The number of amides is 1. The highest BCUT2D eigenvalue weighted by atomic mass is 16.6. The summed E-state index contributed by atoms with van der Waals surface area (Å²) in [4.78, 5) is 22.7. The lowest BCUT2D eigenvalue weighted by atomic mass is 10.1. The predicted octanol–water partition coefficient (Wildman–Crippen LogP) is 1.48. The van der Waals surface area contributed by atoms with E-state index in [1.807, 2.05) is 6.92 Å². The van der Waals surface area contributed by atoms with E-state index in [1.165, 1.54) is 0 Å². The molecular formula is C13H20N2O6. The molecule has 1 aromatic heterocycles. The molecule has 0 fully saturated rings. The Morgan fingerprint density at radius 3 is 2.62 bits per heavy atom. The number of carbonyl (C=O) groups is 2. The minimum Gasteiger partial charge on any atom is -0.464 e. The van der Waals surface area contributed by atoms with Crippen LogP contribution >= 0.6 is 0 Å². The van der Waals surface area contributed by atoms with Crippen molar-refractivity contribution in [1.82, 2.24) is 5.32 Å². The second-order valence-electron chi connectivity index (χ2n) is 4.45. The number of nitrogens with one attached hydrogen (secondary N) is 2. The summed E-state index contributed by atoms with van der Waals surface area (Å²) in [6.07, 6.45) is 0.0387. The highest BCUT2D eigenvalue weighted by molar-refractivity contribution is 5.72. The van der Waals surface area contributed by atoms with E-state index >= 15 is 0 Å². The van der Waals surface area contributed by atoms with Crippen LogP contribution in [0.3, 0.4) is 0 Å². The van der Waals surface area contributed by atoms with E-state index in [0.29, 0.717) is 12.2 Å². The fourth-order valence-electron chi connectivity index (χ4n) is 1.33. The zero-order chi connectivity index (χ0) is 15.8. The van der Waals surface area contributed by atoms with Crippen molar-refractivity contribution in [3.05, 3.63) is 17.3 Å². The van der Waals surface area contributed by atoms with Crippen molar-refractivity contribution in [2.24, 2.45) is 5.92 Å². The maximum atomic E-state index is 11.4. The molecule has 8 heteroatoms. The van der Waals surface area contributed by atoms with Gasteiger partial charge in [-0.05, 0) is 13.3 Å². The molecule has 0 bridgehead atoms. The molecule has 2 N–H and O–H groups in total. The van der Waals surface area contributed by atoms with Crippen molar-refractivity contribution in [2.75, 3.05) is 13.2 Å². The van der Waals surface area contributed by atoms with Crippen LogP contribution in [-0.2, 0) is 20.9 Å². The van der Waals surface area contributed by atoms with Gasteiger partial charge in [0.25, 0.3) is 0 Å². The lowest BCUT2D eigenvalue weighted by Crippen LogP contribution is -2.29. The molecule has 1 rings (SSSR count). The first-order chi connectivity index (χ1) is 9.93. The molecule has 1 aromatic rings. The summed E-state index contributed by atoms with van der Waals surface area (Å²) in [5.74, 6) is -0.123. The van der Waals surface area contributed by atoms with Crippen molar-refractivity contribution in [2.45, 2.75) is 33.8 Å². The topological polar surface area (TPSA) is 115 Å². The Morgan fingerprint density at radius 1 is 1.33 bits per heavy atom. The Hall–Kier alpha value is -2.25. The maximum absolute atomic E-state index is 11.4. The molecule has 0 saturated carbocycles. The van der Waals surface area contributed by atoms with Gasteiger partial charge in [0.15, 0.2) is 12.4 Å². The summed E-state index contributed by atoms with van der Waals surface area (Å²) in [5, 5.41) is 9.56. The van der Waals surface area contributed by atoms with E-state index in [-0.39, 0.29) is 43.2 Å². The van der Waals surface area contributed by atoms with Gasteiger partial charge in [-0.15, -0.1) is 0 Å². The Kier molecular flexibility index (Phi) is 6.51. The van der Waals surface area contributed by atoms with E-state index in [4.69, 9.17) is 23.7 Å². The van der Waals surface area contributed by atoms with Crippen LogP contribution in [0.25, 0.3) is 0 Å². The van der Waals surface area contributed by atoms with Crippen LogP contribution in [0.15, 0.2) is 8.83 Å². The average molecular weight is 300 g/mol. The van der Waals surface area contributed by atoms with E-state index in [0.717, 1.165) is 0 Å². The van der Waals surface area contributed by atoms with Gasteiger partial charge in [-0.2, -0.15) is 0 Å². The summed E-state index contributed by atoms with van der Waals surface area (Å²) in [6.45, 7) is 5.39. The molecule has 0 spiro atoms. The van der Waals surface area contributed by atoms with E-state index in [2.05, 4.69) is 5.32 Å². The van der Waals surface area contributed by atoms with Crippen LogP contribution in [0.5, 0.6) is 0 Å². The second-order valence-corrected chi connectivity index (χ2v) is 4.45. The van der Waals surface area contributed by atoms with Crippen LogP contribution in [0.1, 0.15) is 31.8 Å². The van der Waals surface area contributed by atoms with Gasteiger partial charge in [-0.25, -0.2) is 10.2 Å². The third-order valence-corrected chi connectivity index (χ3v) is 2.82. The van der Waals surface area contributed by atoms with Gasteiger partial charge in [0, 0.05) is 0 Å². The van der Waals surface area contributed by atoms with Gasteiger partial charge in [0.05, 0.1) is 12.5 Å². The first kappa shape index (κ1) is 16.8. The van der Waals surface area contributed by atoms with E-state index in [1.54, 1.807) is 13.8 Å². The number of hydrogen-bond acceptors (Lipinski definition) is 7. The van der Waals surface area contributed by atoms with Gasteiger partial charge < -0.3 is 23.6 Å². The minimum absolute atomic E-state index is 0.0876. The molecular weight excluding hydrogens is 280 g/mol. The summed E-state index contributed by atoms with van der Waals surface area (Å²) in [6, 6.07) is 0. The number of carbonyl (C=O) groups excluding carboxylic acids is 2. The number of alkyl carbamates (subject to hydrolysis) is 1. The van der Waals surface area contributed by atoms with E-state index < -0.39 is 6.09 Å². The van der Waals surface area contributed by atoms with Crippen molar-refractivity contribution < 1.29 is 27.9 Å². The van der Waals surface area contributed by atoms with Crippen molar-refractivity contribution >= 4 is 12.1 Å². The standard InChI is InChI=1S/C13H20N2O6/c1-4-8(2)11(16)18-6-5-15-13(17)19-7-10-9(3)20-12(14)21-10/h8,14H,4-7H2,1-3H3,(H,15,17). The van der Waals surface area contributed by atoms with Gasteiger partial charge in [0.1, 0.15) is 12.4 Å². The monoisotopic (exact) mass is 300 g/mol. The smallest absolute Gasteiger partial charge is 0.407 e. The fraction of sp³-hybridized carbons (Fsp3) is 0.615. The summed E-state index contributed by atoms with van der Waals surface area (Å²) < 4.78 is 19.6. The molecule has 0 radical (unpaired) electrons. The normalized spacial score (nSPS) is 11.8. The van der Waals surface area contributed by atoms with Gasteiger partial charge >= 0.3 is 17.8 Å². The average Bonchev–Trinajstić information content (AvgIpc) is 2.78. The summed E-state index contributed by atoms with van der Waals surface area (Å²) in [7, 11) is 0. The Labute approximate surface area is 121 Å². The predicted molar refractivity (Wildman–Crippen MR) is 70.2 cm³/mol. The molecule has 8 nitrogen and oxygen atoms in total. The number of hydrogen-bond donors (Lipinski definition) is 2. The number of esters is 1. The molecule has 1 heterocycles. The Morgan fingerprint density at radius 2 is 2.05 bits per heavy atom. The third-order valence-electron chi connectivity index (χ3n) is 2.82.